The molecule has 0 spiro atoms. The topological polar surface area (TPSA) is 41.5 Å². The van der Waals surface area contributed by atoms with E-state index >= 15 is 0 Å². The summed E-state index contributed by atoms with van der Waals surface area (Å²) in [4.78, 5) is 0. The van der Waals surface area contributed by atoms with E-state index in [1.165, 1.54) is 0 Å². The van der Waals surface area contributed by atoms with Crippen LogP contribution in [0.3, 0.4) is 0 Å². The molecule has 0 saturated carbocycles. The third kappa shape index (κ3) is 3.17. The summed E-state index contributed by atoms with van der Waals surface area (Å²) in [6.07, 6.45) is 0. The smallest absolute Gasteiger partial charge is 0.121 e. The zero-order valence-electron chi connectivity index (χ0n) is 11.8. The van der Waals surface area contributed by atoms with Crippen molar-refractivity contribution in [3.05, 3.63) is 52.5 Å². The molecule has 3 nitrogen and oxygen atoms in total. The minimum absolute atomic E-state index is 0.0509. The molecule has 0 aliphatic carbocycles. The zero-order valence-corrected chi connectivity index (χ0v) is 12.5. The zero-order chi connectivity index (χ0) is 14.7. The summed E-state index contributed by atoms with van der Waals surface area (Å²) in [6.45, 7) is 3.98. The minimum atomic E-state index is -0.0509. The Morgan fingerprint density at radius 3 is 2.60 bits per heavy atom. The number of aryl methyl sites for hydroxylation is 1. The van der Waals surface area contributed by atoms with Crippen LogP contribution in [0.2, 0.25) is 5.02 Å². The summed E-state index contributed by atoms with van der Waals surface area (Å²) in [7, 11) is 1.61. The molecule has 1 atom stereocenters. The van der Waals surface area contributed by atoms with Gasteiger partial charge in [-0.05, 0) is 55.8 Å². The number of phenols is 1. The first-order valence-electron chi connectivity index (χ1n) is 6.41. The van der Waals surface area contributed by atoms with Gasteiger partial charge >= 0.3 is 0 Å². The number of phenolic OH excluding ortho intramolecular Hbond substituents is 1. The Balaban J connectivity index is 2.25. The first kappa shape index (κ1) is 14.5. The van der Waals surface area contributed by atoms with Crippen LogP contribution in [0.15, 0.2) is 36.4 Å². The number of aromatic hydroxyl groups is 1. The molecule has 2 N–H and O–H groups in total. The summed E-state index contributed by atoms with van der Waals surface area (Å²) < 4.78 is 5.19. The first-order valence-corrected chi connectivity index (χ1v) is 6.78. The number of halogens is 1. The van der Waals surface area contributed by atoms with Crippen molar-refractivity contribution in [2.24, 2.45) is 0 Å². The van der Waals surface area contributed by atoms with E-state index in [-0.39, 0.29) is 11.8 Å². The van der Waals surface area contributed by atoms with Crippen molar-refractivity contribution < 1.29 is 9.84 Å². The molecule has 0 fully saturated rings. The molecule has 0 bridgehead atoms. The molecule has 2 aromatic carbocycles. The van der Waals surface area contributed by atoms with Gasteiger partial charge in [-0.3, -0.25) is 0 Å². The molecule has 20 heavy (non-hydrogen) atoms. The van der Waals surface area contributed by atoms with Crippen LogP contribution in [-0.4, -0.2) is 12.2 Å². The van der Waals surface area contributed by atoms with Gasteiger partial charge in [0, 0.05) is 16.3 Å². The van der Waals surface area contributed by atoms with Crippen molar-refractivity contribution in [3.63, 3.8) is 0 Å². The van der Waals surface area contributed by atoms with Crippen LogP contribution in [0.25, 0.3) is 0 Å². The monoisotopic (exact) mass is 291 g/mol. The Hall–Kier alpha value is -1.87. The highest BCUT2D eigenvalue weighted by molar-refractivity contribution is 6.30. The molecule has 106 valence electrons. The van der Waals surface area contributed by atoms with Crippen molar-refractivity contribution in [1.29, 1.82) is 0 Å². The lowest BCUT2D eigenvalue weighted by Gasteiger charge is -2.19. The molecule has 0 aromatic heterocycles. The van der Waals surface area contributed by atoms with Gasteiger partial charge in [0.05, 0.1) is 13.2 Å². The van der Waals surface area contributed by atoms with Gasteiger partial charge in [-0.1, -0.05) is 11.6 Å². The number of anilines is 1. The fraction of sp³-hybridized carbons (Fsp3) is 0.250. The highest BCUT2D eigenvalue weighted by atomic mass is 35.5. The molecule has 1 unspecified atom stereocenters. The van der Waals surface area contributed by atoms with Gasteiger partial charge in [-0.2, -0.15) is 0 Å². The van der Waals surface area contributed by atoms with Crippen LogP contribution in [-0.2, 0) is 0 Å². The lowest BCUT2D eigenvalue weighted by Crippen LogP contribution is -2.08. The van der Waals surface area contributed by atoms with Crippen molar-refractivity contribution >= 4 is 17.3 Å². The van der Waals surface area contributed by atoms with E-state index in [4.69, 9.17) is 16.3 Å². The highest BCUT2D eigenvalue weighted by Gasteiger charge is 2.12. The normalized spacial score (nSPS) is 12.0. The number of hydrogen-bond acceptors (Lipinski definition) is 3. The average Bonchev–Trinajstić information content (AvgIpc) is 2.42. The predicted molar refractivity (Wildman–Crippen MR) is 82.9 cm³/mol. The summed E-state index contributed by atoms with van der Waals surface area (Å²) in [5.74, 6) is 0.969. The Labute approximate surface area is 124 Å². The van der Waals surface area contributed by atoms with Crippen LogP contribution in [0.1, 0.15) is 24.1 Å². The lowest BCUT2D eigenvalue weighted by molar-refractivity contribution is 0.410. The van der Waals surface area contributed by atoms with E-state index in [1.54, 1.807) is 19.2 Å². The average molecular weight is 292 g/mol. The summed E-state index contributed by atoms with van der Waals surface area (Å²) in [5, 5.41) is 14.1. The van der Waals surface area contributed by atoms with Crippen LogP contribution in [0.5, 0.6) is 11.5 Å². The van der Waals surface area contributed by atoms with Gasteiger partial charge in [0.15, 0.2) is 0 Å². The molecular formula is C16H18ClNO2. The Morgan fingerprint density at radius 1 is 1.20 bits per heavy atom. The third-order valence-electron chi connectivity index (χ3n) is 3.26. The maximum atomic E-state index is 9.98. The minimum Gasteiger partial charge on any atom is -0.508 e. The predicted octanol–water partition coefficient (Wildman–Crippen LogP) is 4.54. The van der Waals surface area contributed by atoms with Gasteiger partial charge in [0.2, 0.25) is 0 Å². The summed E-state index contributed by atoms with van der Waals surface area (Å²) in [5.41, 5.74) is 2.84. The molecule has 2 rings (SSSR count). The van der Waals surface area contributed by atoms with Gasteiger partial charge in [-0.15, -0.1) is 0 Å². The second-order valence-electron chi connectivity index (χ2n) is 4.75. The van der Waals surface area contributed by atoms with E-state index in [2.05, 4.69) is 5.32 Å². The first-order chi connectivity index (χ1) is 9.51. The van der Waals surface area contributed by atoms with Crippen LogP contribution in [0.4, 0.5) is 5.69 Å². The van der Waals surface area contributed by atoms with Crippen LogP contribution < -0.4 is 10.1 Å². The van der Waals surface area contributed by atoms with Crippen LogP contribution in [0, 0.1) is 6.92 Å². The molecule has 0 radical (unpaired) electrons. The van der Waals surface area contributed by atoms with Crippen LogP contribution >= 0.6 is 11.6 Å². The van der Waals surface area contributed by atoms with Crippen molar-refractivity contribution in [2.75, 3.05) is 12.4 Å². The van der Waals surface area contributed by atoms with Gasteiger partial charge in [-0.25, -0.2) is 0 Å². The molecule has 2 aromatic rings. The molecule has 4 heteroatoms. The molecule has 0 amide bonds. The van der Waals surface area contributed by atoms with E-state index in [0.29, 0.717) is 5.02 Å². The van der Waals surface area contributed by atoms with Crippen molar-refractivity contribution in [3.8, 4) is 11.5 Å². The molecule has 0 aliphatic rings. The quantitative estimate of drug-likeness (QED) is 0.869. The standard InChI is InChI=1S/C16H18ClNO2/c1-10-8-12(17)4-6-15(10)18-11(2)14-9-13(20-3)5-7-16(14)19/h4-9,11,18-19H,1-3H3. The molecule has 0 heterocycles. The largest absolute Gasteiger partial charge is 0.508 e. The van der Waals surface area contributed by atoms with Gasteiger partial charge < -0.3 is 15.2 Å². The SMILES string of the molecule is COc1ccc(O)c(C(C)Nc2ccc(Cl)cc2C)c1. The fourth-order valence-corrected chi connectivity index (χ4v) is 2.33. The number of hydrogen-bond donors (Lipinski definition) is 2. The van der Waals surface area contributed by atoms with E-state index in [9.17, 15) is 5.11 Å². The summed E-state index contributed by atoms with van der Waals surface area (Å²) >= 11 is 5.95. The Bertz CT molecular complexity index is 613. The Kier molecular flexibility index (Phi) is 4.40. The fourth-order valence-electron chi connectivity index (χ4n) is 2.11. The highest BCUT2D eigenvalue weighted by Crippen LogP contribution is 2.31. The summed E-state index contributed by atoms with van der Waals surface area (Å²) in [6, 6.07) is 10.8. The van der Waals surface area contributed by atoms with E-state index in [0.717, 1.165) is 22.6 Å². The van der Waals surface area contributed by atoms with Crippen molar-refractivity contribution in [1.82, 2.24) is 0 Å². The number of rotatable bonds is 4. The second-order valence-corrected chi connectivity index (χ2v) is 5.19. The molecular weight excluding hydrogens is 274 g/mol. The maximum Gasteiger partial charge on any atom is 0.121 e. The van der Waals surface area contributed by atoms with E-state index < -0.39 is 0 Å². The number of ether oxygens (including phenoxy) is 1. The number of nitrogens with one attached hydrogen (secondary N) is 1. The molecule has 0 saturated heterocycles. The van der Waals surface area contributed by atoms with Gasteiger partial charge in [0.1, 0.15) is 11.5 Å². The number of methoxy groups -OCH3 is 1. The third-order valence-corrected chi connectivity index (χ3v) is 3.50. The van der Waals surface area contributed by atoms with Gasteiger partial charge in [0.25, 0.3) is 0 Å². The van der Waals surface area contributed by atoms with Crippen molar-refractivity contribution in [2.45, 2.75) is 19.9 Å². The molecule has 0 aliphatic heterocycles. The number of benzene rings is 2. The van der Waals surface area contributed by atoms with E-state index in [1.807, 2.05) is 38.1 Å². The Morgan fingerprint density at radius 2 is 1.95 bits per heavy atom. The maximum absolute atomic E-state index is 9.98. The lowest BCUT2D eigenvalue weighted by atomic mass is 10.1. The second kappa shape index (κ2) is 6.06.